The lowest BCUT2D eigenvalue weighted by Crippen LogP contribution is -2.18. The minimum atomic E-state index is -0.419. The third-order valence-corrected chi connectivity index (χ3v) is 5.49. The molecule has 3 aromatic carbocycles. The van der Waals surface area contributed by atoms with Crippen LogP contribution in [0.2, 0.25) is 5.02 Å². The normalized spacial score (nSPS) is 10.8. The second-order valence-electron chi connectivity index (χ2n) is 7.26. The van der Waals surface area contributed by atoms with Crippen LogP contribution in [0.25, 0.3) is 0 Å². The molecule has 0 spiro atoms. The fourth-order valence-corrected chi connectivity index (χ4v) is 3.53. The standard InChI is InChI=1S/C25H22BrClFN3O3/c26-18-4-1-5-19(14-18)30-24(32)8-3-9-25(33)31-29-15-17-10-12-20(13-11-17)34-16-21-22(27)6-2-7-23(21)28/h1-2,4-7,10-15H,3,8-9,16H2,(H,30,32)(H,31,33)/b29-15-. The Morgan fingerprint density at radius 1 is 1.03 bits per heavy atom. The molecule has 0 atom stereocenters. The number of hydrogen-bond donors (Lipinski definition) is 2. The van der Waals surface area contributed by atoms with Gasteiger partial charge >= 0.3 is 0 Å². The maximum Gasteiger partial charge on any atom is 0.240 e. The predicted octanol–water partition coefficient (Wildman–Crippen LogP) is 6.08. The number of carbonyl (C=O) groups is 2. The number of nitrogens with one attached hydrogen (secondary N) is 2. The Labute approximate surface area is 210 Å². The summed E-state index contributed by atoms with van der Waals surface area (Å²) >= 11 is 9.34. The molecule has 34 heavy (non-hydrogen) atoms. The van der Waals surface area contributed by atoms with Crippen molar-refractivity contribution in [2.75, 3.05) is 5.32 Å². The highest BCUT2D eigenvalue weighted by Gasteiger charge is 2.08. The maximum atomic E-state index is 13.8. The minimum Gasteiger partial charge on any atom is -0.489 e. The number of ether oxygens (including phenoxy) is 1. The Morgan fingerprint density at radius 3 is 2.50 bits per heavy atom. The van der Waals surface area contributed by atoms with Gasteiger partial charge in [-0.1, -0.05) is 39.7 Å². The summed E-state index contributed by atoms with van der Waals surface area (Å²) in [7, 11) is 0. The molecule has 2 amide bonds. The summed E-state index contributed by atoms with van der Waals surface area (Å²) in [6, 6.07) is 18.7. The molecule has 0 fully saturated rings. The number of carbonyl (C=O) groups excluding carboxylic acids is 2. The smallest absolute Gasteiger partial charge is 0.240 e. The van der Waals surface area contributed by atoms with Gasteiger partial charge in [-0.3, -0.25) is 9.59 Å². The van der Waals surface area contributed by atoms with Gasteiger partial charge in [0.1, 0.15) is 18.2 Å². The van der Waals surface area contributed by atoms with Crippen LogP contribution >= 0.6 is 27.5 Å². The summed E-state index contributed by atoms with van der Waals surface area (Å²) in [6.45, 7) is 0.00984. The number of hydrazone groups is 1. The van der Waals surface area contributed by atoms with Crippen LogP contribution in [-0.4, -0.2) is 18.0 Å². The van der Waals surface area contributed by atoms with E-state index in [2.05, 4.69) is 31.8 Å². The second-order valence-corrected chi connectivity index (χ2v) is 8.59. The fraction of sp³-hybridized carbons (Fsp3) is 0.160. The van der Waals surface area contributed by atoms with Gasteiger partial charge in [0.2, 0.25) is 11.8 Å². The van der Waals surface area contributed by atoms with Gasteiger partial charge in [0.25, 0.3) is 0 Å². The van der Waals surface area contributed by atoms with Crippen molar-refractivity contribution in [1.82, 2.24) is 5.43 Å². The van der Waals surface area contributed by atoms with E-state index in [-0.39, 0.29) is 31.3 Å². The molecule has 0 aliphatic carbocycles. The molecule has 0 saturated carbocycles. The lowest BCUT2D eigenvalue weighted by atomic mass is 10.2. The van der Waals surface area contributed by atoms with Gasteiger partial charge in [-0.2, -0.15) is 5.10 Å². The highest BCUT2D eigenvalue weighted by atomic mass is 79.9. The molecule has 0 aromatic heterocycles. The summed E-state index contributed by atoms with van der Waals surface area (Å²) in [5.41, 5.74) is 4.17. The van der Waals surface area contributed by atoms with Gasteiger partial charge in [-0.05, 0) is 66.6 Å². The van der Waals surface area contributed by atoms with Crippen LogP contribution in [0.5, 0.6) is 5.75 Å². The first-order chi connectivity index (χ1) is 16.4. The summed E-state index contributed by atoms with van der Waals surface area (Å²) < 4.78 is 20.3. The number of amides is 2. The molecular formula is C25H22BrClFN3O3. The monoisotopic (exact) mass is 545 g/mol. The van der Waals surface area contributed by atoms with Crippen molar-refractivity contribution in [1.29, 1.82) is 0 Å². The molecule has 0 bridgehead atoms. The average Bonchev–Trinajstić information content (AvgIpc) is 2.80. The summed E-state index contributed by atoms with van der Waals surface area (Å²) in [5, 5.41) is 7.02. The van der Waals surface area contributed by atoms with E-state index in [4.69, 9.17) is 16.3 Å². The lowest BCUT2D eigenvalue weighted by molar-refractivity contribution is -0.121. The molecule has 176 valence electrons. The van der Waals surface area contributed by atoms with E-state index < -0.39 is 5.82 Å². The fourth-order valence-electron chi connectivity index (χ4n) is 2.91. The molecule has 0 saturated heterocycles. The lowest BCUT2D eigenvalue weighted by Gasteiger charge is -2.09. The molecule has 0 unspecified atom stereocenters. The number of halogens is 3. The first-order valence-electron chi connectivity index (χ1n) is 10.4. The number of hydrogen-bond acceptors (Lipinski definition) is 4. The van der Waals surface area contributed by atoms with Crippen LogP contribution in [0.1, 0.15) is 30.4 Å². The summed E-state index contributed by atoms with van der Waals surface area (Å²) in [5.74, 6) is -0.319. The molecule has 3 rings (SSSR count). The van der Waals surface area contributed by atoms with Crippen LogP contribution in [0, 0.1) is 5.82 Å². The van der Waals surface area contributed by atoms with Crippen LogP contribution in [0.3, 0.4) is 0 Å². The number of benzene rings is 3. The molecule has 0 aliphatic heterocycles. The van der Waals surface area contributed by atoms with Crippen LogP contribution in [0.4, 0.5) is 10.1 Å². The maximum absolute atomic E-state index is 13.8. The van der Waals surface area contributed by atoms with Crippen molar-refractivity contribution in [3.8, 4) is 5.75 Å². The second kappa shape index (κ2) is 12.9. The Kier molecular flexibility index (Phi) is 9.61. The Hall–Kier alpha value is -3.23. The Morgan fingerprint density at radius 2 is 1.76 bits per heavy atom. The predicted molar refractivity (Wildman–Crippen MR) is 135 cm³/mol. The largest absolute Gasteiger partial charge is 0.489 e. The van der Waals surface area contributed by atoms with Gasteiger partial charge in [-0.25, -0.2) is 9.82 Å². The van der Waals surface area contributed by atoms with Gasteiger partial charge < -0.3 is 10.1 Å². The molecule has 3 aromatic rings. The SMILES string of the molecule is O=C(CCCC(=O)Nc1cccc(Br)c1)N/N=C\c1ccc(OCc2c(F)cccc2Cl)cc1. The number of anilines is 1. The minimum absolute atomic E-state index is 0.00984. The zero-order chi connectivity index (χ0) is 24.3. The third kappa shape index (κ3) is 8.28. The van der Waals surface area contributed by atoms with Crippen molar-refractivity contribution in [2.24, 2.45) is 5.10 Å². The van der Waals surface area contributed by atoms with E-state index >= 15 is 0 Å². The Bertz CT molecular complexity index is 1150. The van der Waals surface area contributed by atoms with Crippen molar-refractivity contribution in [3.05, 3.63) is 93.2 Å². The molecule has 9 heteroatoms. The highest BCUT2D eigenvalue weighted by molar-refractivity contribution is 9.10. The van der Waals surface area contributed by atoms with Gasteiger partial charge in [0.05, 0.1) is 11.2 Å². The summed E-state index contributed by atoms with van der Waals surface area (Å²) in [6.07, 6.45) is 2.30. The van der Waals surface area contributed by atoms with Crippen LogP contribution < -0.4 is 15.5 Å². The first-order valence-corrected chi connectivity index (χ1v) is 11.6. The van der Waals surface area contributed by atoms with E-state index in [1.165, 1.54) is 18.3 Å². The molecule has 6 nitrogen and oxygen atoms in total. The number of rotatable bonds is 10. The molecule has 0 aliphatic rings. The zero-order valence-electron chi connectivity index (χ0n) is 18.1. The van der Waals surface area contributed by atoms with Crippen LogP contribution in [-0.2, 0) is 16.2 Å². The molecule has 0 radical (unpaired) electrons. The quantitative estimate of drug-likeness (QED) is 0.239. The average molecular weight is 547 g/mol. The van der Waals surface area contributed by atoms with E-state index in [1.807, 2.05) is 12.1 Å². The van der Waals surface area contributed by atoms with E-state index in [0.29, 0.717) is 28.4 Å². The van der Waals surface area contributed by atoms with Crippen molar-refractivity contribution < 1.29 is 18.7 Å². The van der Waals surface area contributed by atoms with E-state index in [1.54, 1.807) is 42.5 Å². The zero-order valence-corrected chi connectivity index (χ0v) is 20.4. The van der Waals surface area contributed by atoms with Gasteiger partial charge in [0.15, 0.2) is 0 Å². The highest BCUT2D eigenvalue weighted by Crippen LogP contribution is 2.21. The van der Waals surface area contributed by atoms with Gasteiger partial charge in [0, 0.05) is 28.6 Å². The van der Waals surface area contributed by atoms with E-state index in [0.717, 1.165) is 10.0 Å². The van der Waals surface area contributed by atoms with Crippen LogP contribution in [0.15, 0.2) is 76.3 Å². The van der Waals surface area contributed by atoms with Crippen molar-refractivity contribution in [3.63, 3.8) is 0 Å². The van der Waals surface area contributed by atoms with Crippen molar-refractivity contribution in [2.45, 2.75) is 25.9 Å². The van der Waals surface area contributed by atoms with Gasteiger partial charge in [-0.15, -0.1) is 0 Å². The third-order valence-electron chi connectivity index (χ3n) is 4.64. The number of nitrogens with zero attached hydrogens (tertiary/aromatic N) is 1. The molecular weight excluding hydrogens is 525 g/mol. The Balaban J connectivity index is 1.36. The van der Waals surface area contributed by atoms with E-state index in [9.17, 15) is 14.0 Å². The summed E-state index contributed by atoms with van der Waals surface area (Å²) in [4.78, 5) is 23.9. The molecule has 2 N–H and O–H groups in total. The molecule has 0 heterocycles. The topological polar surface area (TPSA) is 79.8 Å². The van der Waals surface area contributed by atoms with Crippen molar-refractivity contribution >= 4 is 51.2 Å². The first kappa shape index (κ1) is 25.4.